The quantitative estimate of drug-likeness (QED) is 0.400. The number of nitrogens with zero attached hydrogens (tertiary/aromatic N) is 3. The highest BCUT2D eigenvalue weighted by molar-refractivity contribution is 5.89. The Kier molecular flexibility index (Phi) is 4.99. The molecule has 0 bridgehead atoms. The van der Waals surface area contributed by atoms with E-state index in [1.54, 1.807) is 48.0 Å². The van der Waals surface area contributed by atoms with Crippen molar-refractivity contribution in [2.75, 3.05) is 0 Å². The third kappa shape index (κ3) is 3.77. The number of nitro groups is 1. The summed E-state index contributed by atoms with van der Waals surface area (Å²) in [5.41, 5.74) is 0.923. The first-order valence-electron chi connectivity index (χ1n) is 8.67. The summed E-state index contributed by atoms with van der Waals surface area (Å²) in [6, 6.07) is 11.4. The normalized spacial score (nSPS) is 13.1. The molecule has 0 saturated heterocycles. The minimum atomic E-state index is -1.65. The minimum absolute atomic E-state index is 0.0182. The second kappa shape index (κ2) is 7.25. The van der Waals surface area contributed by atoms with Crippen LogP contribution in [0.4, 0.5) is 11.4 Å². The number of non-ortho nitro benzene ring substituents is 1. The van der Waals surface area contributed by atoms with Crippen molar-refractivity contribution >= 4 is 28.1 Å². The van der Waals surface area contributed by atoms with Gasteiger partial charge in [-0.15, -0.1) is 0 Å². The fraction of sp³-hybridized carbons (Fsp3) is 0.238. The fourth-order valence-electron chi connectivity index (χ4n) is 3.17. The van der Waals surface area contributed by atoms with Crippen LogP contribution in [0.25, 0.3) is 15.7 Å². The number of aryl methyl sites for hydroxylation is 1. The number of aromatic nitrogens is 1. The van der Waals surface area contributed by atoms with Gasteiger partial charge in [-0.3, -0.25) is 14.9 Å². The van der Waals surface area contributed by atoms with Gasteiger partial charge in [0, 0.05) is 30.1 Å². The number of Topliss-reactive ketones (excluding diaryl/α,β-unsaturated/α-hetero) is 1. The molecule has 0 spiro atoms. The molecule has 28 heavy (non-hydrogen) atoms. The molecule has 142 valence electrons. The van der Waals surface area contributed by atoms with Crippen molar-refractivity contribution in [3.8, 4) is 0 Å². The summed E-state index contributed by atoms with van der Waals surface area (Å²) < 4.78 is 1.65. The smallest absolute Gasteiger partial charge is 0.271 e. The number of aliphatic hydroxyl groups is 1. The van der Waals surface area contributed by atoms with E-state index < -0.39 is 10.5 Å². The summed E-state index contributed by atoms with van der Waals surface area (Å²) in [5, 5.41) is 22.6. The Morgan fingerprint density at radius 1 is 1.29 bits per heavy atom. The zero-order valence-corrected chi connectivity index (χ0v) is 15.5. The van der Waals surface area contributed by atoms with Crippen molar-refractivity contribution in [2.24, 2.45) is 0 Å². The summed E-state index contributed by atoms with van der Waals surface area (Å²) in [6.45, 7) is 10.3. The van der Waals surface area contributed by atoms with Gasteiger partial charge in [0.15, 0.2) is 11.5 Å². The molecule has 7 nitrogen and oxygen atoms in total. The molecular weight excluding hydrogens is 358 g/mol. The summed E-state index contributed by atoms with van der Waals surface area (Å²) in [7, 11) is 0. The Labute approximate surface area is 161 Å². The van der Waals surface area contributed by atoms with Gasteiger partial charge in [0.1, 0.15) is 5.60 Å². The molecule has 2 aromatic carbocycles. The summed E-state index contributed by atoms with van der Waals surface area (Å²) >= 11 is 0. The first kappa shape index (κ1) is 19.3. The average Bonchev–Trinajstić information content (AvgIpc) is 3.03. The van der Waals surface area contributed by atoms with E-state index in [2.05, 4.69) is 4.85 Å². The molecule has 0 unspecified atom stereocenters. The highest BCUT2D eigenvalue weighted by atomic mass is 16.6. The van der Waals surface area contributed by atoms with Gasteiger partial charge in [0.2, 0.25) is 0 Å². The van der Waals surface area contributed by atoms with Gasteiger partial charge < -0.3 is 9.67 Å². The first-order chi connectivity index (χ1) is 13.2. The van der Waals surface area contributed by atoms with Crippen LogP contribution < -0.4 is 0 Å². The molecule has 1 atom stereocenters. The zero-order chi connectivity index (χ0) is 20.5. The summed E-state index contributed by atoms with van der Waals surface area (Å²) in [5.74, 6) is -0.366. The lowest BCUT2D eigenvalue weighted by Gasteiger charge is -2.23. The molecular formula is C21H19N3O4. The number of ketones is 1. The third-order valence-corrected chi connectivity index (χ3v) is 4.79. The number of benzene rings is 2. The number of hydrogen-bond acceptors (Lipinski definition) is 4. The Balaban J connectivity index is 1.83. The number of carbonyl (C=O) groups excluding carboxylic acids is 1. The molecule has 0 saturated carbocycles. The molecule has 0 aliphatic rings. The lowest BCUT2D eigenvalue weighted by molar-refractivity contribution is -0.384. The van der Waals surface area contributed by atoms with Crippen molar-refractivity contribution in [1.82, 2.24) is 4.57 Å². The minimum Gasteiger partial charge on any atom is -0.380 e. The van der Waals surface area contributed by atoms with Crippen LogP contribution in [0.2, 0.25) is 0 Å². The molecule has 1 aromatic heterocycles. The van der Waals surface area contributed by atoms with Crippen molar-refractivity contribution in [1.29, 1.82) is 0 Å². The Morgan fingerprint density at radius 3 is 2.68 bits per heavy atom. The lowest BCUT2D eigenvalue weighted by Crippen LogP contribution is -2.40. The summed E-state index contributed by atoms with van der Waals surface area (Å²) in [4.78, 5) is 26.7. The van der Waals surface area contributed by atoms with E-state index in [1.165, 1.54) is 19.1 Å². The van der Waals surface area contributed by atoms with E-state index in [-0.39, 0.29) is 24.4 Å². The molecule has 0 radical (unpaired) electrons. The van der Waals surface area contributed by atoms with E-state index in [1.807, 2.05) is 0 Å². The van der Waals surface area contributed by atoms with Crippen LogP contribution in [0.15, 0.2) is 48.7 Å². The van der Waals surface area contributed by atoms with Gasteiger partial charge in [-0.1, -0.05) is 18.2 Å². The van der Waals surface area contributed by atoms with Crippen LogP contribution >= 0.6 is 0 Å². The van der Waals surface area contributed by atoms with Crippen molar-refractivity contribution in [2.45, 2.75) is 32.4 Å². The molecule has 1 N–H and O–H groups in total. The third-order valence-electron chi connectivity index (χ3n) is 4.79. The average molecular weight is 377 g/mol. The zero-order valence-electron chi connectivity index (χ0n) is 15.5. The van der Waals surface area contributed by atoms with Crippen molar-refractivity contribution < 1.29 is 14.8 Å². The van der Waals surface area contributed by atoms with Crippen molar-refractivity contribution in [3.63, 3.8) is 0 Å². The topological polar surface area (TPSA) is 89.7 Å². The first-order valence-corrected chi connectivity index (χ1v) is 8.67. The Hall–Kier alpha value is -3.50. The van der Waals surface area contributed by atoms with E-state index in [4.69, 9.17) is 6.57 Å². The number of nitro benzene ring substituents is 1. The standard InChI is InChI=1S/C21H19N3O4/c1-14-10-15(4-7-18(14)22-3)11-20(25)21(2,26)13-23-9-8-16-5-6-17(24(27)28)12-19(16)23/h4-10,12,26H,11,13H2,1-2H3/t21-/m0/s1. The van der Waals surface area contributed by atoms with Gasteiger partial charge in [0.05, 0.1) is 23.6 Å². The molecule has 0 aliphatic carbocycles. The van der Waals surface area contributed by atoms with Gasteiger partial charge in [-0.25, -0.2) is 4.85 Å². The fourth-order valence-corrected chi connectivity index (χ4v) is 3.17. The van der Waals surface area contributed by atoms with Gasteiger partial charge >= 0.3 is 0 Å². The summed E-state index contributed by atoms with van der Waals surface area (Å²) in [6.07, 6.45) is 1.73. The number of hydrogen-bond donors (Lipinski definition) is 1. The van der Waals surface area contributed by atoms with Crippen LogP contribution in [-0.4, -0.2) is 26.0 Å². The van der Waals surface area contributed by atoms with E-state index in [0.717, 1.165) is 16.5 Å². The molecule has 7 heteroatoms. The molecule has 1 heterocycles. The van der Waals surface area contributed by atoms with E-state index >= 15 is 0 Å². The monoisotopic (exact) mass is 377 g/mol. The van der Waals surface area contributed by atoms with Crippen LogP contribution in [0.1, 0.15) is 18.1 Å². The predicted molar refractivity (Wildman–Crippen MR) is 105 cm³/mol. The predicted octanol–water partition coefficient (Wildman–Crippen LogP) is 3.97. The highest BCUT2D eigenvalue weighted by Crippen LogP contribution is 2.25. The SMILES string of the molecule is [C-]#[N+]c1ccc(CC(=O)[C@@](C)(O)Cn2ccc3ccc([N+](=O)[O-])cc32)cc1C. The van der Waals surface area contributed by atoms with Gasteiger partial charge in [-0.2, -0.15) is 0 Å². The number of rotatable bonds is 6. The molecule has 3 aromatic rings. The Morgan fingerprint density at radius 2 is 2.04 bits per heavy atom. The highest BCUT2D eigenvalue weighted by Gasteiger charge is 2.31. The molecule has 0 fully saturated rings. The number of fused-ring (bicyclic) bond motifs is 1. The molecule has 0 amide bonds. The Bertz CT molecular complexity index is 1120. The van der Waals surface area contributed by atoms with Crippen LogP contribution in [0, 0.1) is 23.6 Å². The van der Waals surface area contributed by atoms with Crippen LogP contribution in [0.5, 0.6) is 0 Å². The van der Waals surface area contributed by atoms with E-state index in [0.29, 0.717) is 11.2 Å². The van der Waals surface area contributed by atoms with Gasteiger partial charge in [-0.05, 0) is 37.1 Å². The van der Waals surface area contributed by atoms with Crippen LogP contribution in [0.3, 0.4) is 0 Å². The number of carbonyl (C=O) groups is 1. The van der Waals surface area contributed by atoms with Crippen LogP contribution in [-0.2, 0) is 17.8 Å². The maximum atomic E-state index is 12.7. The largest absolute Gasteiger partial charge is 0.380 e. The molecule has 3 rings (SSSR count). The van der Waals surface area contributed by atoms with Gasteiger partial charge in [0.25, 0.3) is 5.69 Å². The van der Waals surface area contributed by atoms with E-state index in [9.17, 15) is 20.0 Å². The van der Waals surface area contributed by atoms with Crippen molar-refractivity contribution in [3.05, 3.63) is 81.3 Å². The maximum absolute atomic E-state index is 12.7. The molecule has 0 aliphatic heterocycles. The second-order valence-corrected chi connectivity index (χ2v) is 7.05. The second-order valence-electron chi connectivity index (χ2n) is 7.05. The lowest BCUT2D eigenvalue weighted by atomic mass is 9.94. The maximum Gasteiger partial charge on any atom is 0.271 e.